The normalized spacial score (nSPS) is 24.9. The number of amides is 1. The number of carbonyl (C=O) groups excluding carboxylic acids is 1. The van der Waals surface area contributed by atoms with Crippen LogP contribution in [0.4, 0.5) is 0 Å². The summed E-state index contributed by atoms with van der Waals surface area (Å²) in [6.07, 6.45) is 3.16. The maximum absolute atomic E-state index is 11.0. The highest BCUT2D eigenvalue weighted by Gasteiger charge is 2.22. The second-order valence-corrected chi connectivity index (χ2v) is 2.45. The van der Waals surface area contributed by atoms with Gasteiger partial charge < -0.3 is 10.6 Å². The van der Waals surface area contributed by atoms with E-state index in [4.69, 9.17) is 5.73 Å². The molecule has 1 saturated heterocycles. The topological polar surface area (TPSA) is 46.3 Å². The summed E-state index contributed by atoms with van der Waals surface area (Å²) in [5, 5.41) is 0. The van der Waals surface area contributed by atoms with Crippen molar-refractivity contribution in [2.24, 2.45) is 5.73 Å². The average Bonchev–Trinajstić information content (AvgIpc) is 2.34. The van der Waals surface area contributed by atoms with E-state index in [1.54, 1.807) is 4.90 Å². The lowest BCUT2D eigenvalue weighted by atomic mass is 10.3. The molecule has 1 atom stereocenters. The fourth-order valence-electron chi connectivity index (χ4n) is 1.18. The molecule has 3 heteroatoms. The van der Waals surface area contributed by atoms with Crippen molar-refractivity contribution >= 4 is 5.91 Å². The standard InChI is InChI=1S/C7H12N2O/c1-2-7(10)9-5-3-4-6(9)8/h2,6H,1,3-5,8H2. The van der Waals surface area contributed by atoms with Gasteiger partial charge in [0.1, 0.15) is 0 Å². The third kappa shape index (κ3) is 1.19. The number of hydrogen-bond donors (Lipinski definition) is 1. The van der Waals surface area contributed by atoms with Gasteiger partial charge in [-0.1, -0.05) is 6.58 Å². The van der Waals surface area contributed by atoms with Gasteiger partial charge in [-0.05, 0) is 18.9 Å². The first kappa shape index (κ1) is 7.28. The Morgan fingerprint density at radius 2 is 2.50 bits per heavy atom. The van der Waals surface area contributed by atoms with E-state index >= 15 is 0 Å². The quantitative estimate of drug-likeness (QED) is 0.524. The minimum absolute atomic E-state index is 0.0509. The van der Waals surface area contributed by atoms with Crippen LogP contribution in [0.25, 0.3) is 0 Å². The first-order valence-electron chi connectivity index (χ1n) is 3.44. The Labute approximate surface area is 60.5 Å². The number of carbonyl (C=O) groups is 1. The van der Waals surface area contributed by atoms with Gasteiger partial charge in [-0.25, -0.2) is 0 Å². The molecule has 0 aromatic heterocycles. The number of rotatable bonds is 1. The molecule has 3 nitrogen and oxygen atoms in total. The van der Waals surface area contributed by atoms with Crippen LogP contribution in [0.2, 0.25) is 0 Å². The zero-order chi connectivity index (χ0) is 7.56. The van der Waals surface area contributed by atoms with Gasteiger partial charge in [0.15, 0.2) is 0 Å². The Kier molecular flexibility index (Phi) is 2.06. The minimum Gasteiger partial charge on any atom is -0.324 e. The summed E-state index contributed by atoms with van der Waals surface area (Å²) in [6.45, 7) is 4.18. The van der Waals surface area contributed by atoms with Crippen LogP contribution in [-0.2, 0) is 4.79 Å². The Balaban J connectivity index is 2.54. The fourth-order valence-corrected chi connectivity index (χ4v) is 1.18. The summed E-state index contributed by atoms with van der Waals surface area (Å²) in [5.41, 5.74) is 5.61. The third-order valence-electron chi connectivity index (χ3n) is 1.76. The van der Waals surface area contributed by atoms with Crippen LogP contribution in [-0.4, -0.2) is 23.5 Å². The Morgan fingerprint density at radius 1 is 1.80 bits per heavy atom. The second-order valence-electron chi connectivity index (χ2n) is 2.45. The molecule has 1 aliphatic rings. The van der Waals surface area contributed by atoms with Crippen LogP contribution in [0.3, 0.4) is 0 Å². The molecule has 1 unspecified atom stereocenters. The SMILES string of the molecule is C=CC(=O)N1CCCC1N. The van der Waals surface area contributed by atoms with E-state index in [1.165, 1.54) is 6.08 Å². The molecule has 1 aliphatic heterocycles. The predicted octanol–water partition coefficient (Wildman–Crippen LogP) is 0.0796. The monoisotopic (exact) mass is 140 g/mol. The van der Waals surface area contributed by atoms with Crippen LogP contribution >= 0.6 is 0 Å². The molecule has 1 heterocycles. The number of likely N-dealkylation sites (tertiary alicyclic amines) is 1. The van der Waals surface area contributed by atoms with E-state index in [9.17, 15) is 4.79 Å². The van der Waals surface area contributed by atoms with Gasteiger partial charge in [0, 0.05) is 6.54 Å². The molecule has 2 N–H and O–H groups in total. The third-order valence-corrected chi connectivity index (χ3v) is 1.76. The van der Waals surface area contributed by atoms with E-state index in [-0.39, 0.29) is 12.1 Å². The lowest BCUT2D eigenvalue weighted by Gasteiger charge is -2.18. The molecule has 10 heavy (non-hydrogen) atoms. The summed E-state index contributed by atoms with van der Waals surface area (Å²) in [4.78, 5) is 12.6. The van der Waals surface area contributed by atoms with E-state index in [0.29, 0.717) is 0 Å². The van der Waals surface area contributed by atoms with Gasteiger partial charge in [-0.3, -0.25) is 4.79 Å². The molecule has 1 rings (SSSR count). The lowest BCUT2D eigenvalue weighted by molar-refractivity contribution is -0.126. The van der Waals surface area contributed by atoms with Gasteiger partial charge >= 0.3 is 0 Å². The van der Waals surface area contributed by atoms with E-state index < -0.39 is 0 Å². The molecule has 56 valence electrons. The van der Waals surface area contributed by atoms with Crippen LogP contribution in [0.15, 0.2) is 12.7 Å². The summed E-state index contributed by atoms with van der Waals surface area (Å²) in [5.74, 6) is -0.0509. The van der Waals surface area contributed by atoms with Crippen molar-refractivity contribution in [3.63, 3.8) is 0 Å². The lowest BCUT2D eigenvalue weighted by Crippen LogP contribution is -2.39. The first-order chi connectivity index (χ1) is 4.75. The Bertz CT molecular complexity index is 156. The Morgan fingerprint density at radius 3 is 2.90 bits per heavy atom. The zero-order valence-electron chi connectivity index (χ0n) is 5.92. The van der Waals surface area contributed by atoms with Crippen molar-refractivity contribution in [1.82, 2.24) is 4.90 Å². The molecule has 0 aliphatic carbocycles. The van der Waals surface area contributed by atoms with Crippen LogP contribution in [0, 0.1) is 0 Å². The summed E-state index contributed by atoms with van der Waals surface area (Å²) in [7, 11) is 0. The first-order valence-corrected chi connectivity index (χ1v) is 3.44. The van der Waals surface area contributed by atoms with Crippen LogP contribution in [0.5, 0.6) is 0 Å². The van der Waals surface area contributed by atoms with Gasteiger partial charge in [0.25, 0.3) is 0 Å². The maximum atomic E-state index is 11.0. The predicted molar refractivity (Wildman–Crippen MR) is 39.1 cm³/mol. The number of nitrogens with two attached hydrogens (primary N) is 1. The maximum Gasteiger partial charge on any atom is 0.247 e. The van der Waals surface area contributed by atoms with Crippen molar-refractivity contribution in [2.75, 3.05) is 6.54 Å². The molecule has 0 radical (unpaired) electrons. The van der Waals surface area contributed by atoms with E-state index in [1.807, 2.05) is 0 Å². The van der Waals surface area contributed by atoms with Gasteiger partial charge in [-0.2, -0.15) is 0 Å². The van der Waals surface area contributed by atoms with Gasteiger partial charge in [0.05, 0.1) is 6.17 Å². The number of nitrogens with zero attached hydrogens (tertiary/aromatic N) is 1. The van der Waals surface area contributed by atoms with E-state index in [0.717, 1.165) is 19.4 Å². The average molecular weight is 140 g/mol. The van der Waals surface area contributed by atoms with Gasteiger partial charge in [-0.15, -0.1) is 0 Å². The molecular formula is C7H12N2O. The largest absolute Gasteiger partial charge is 0.324 e. The fraction of sp³-hybridized carbons (Fsp3) is 0.571. The van der Waals surface area contributed by atoms with Crippen LogP contribution < -0.4 is 5.73 Å². The summed E-state index contributed by atoms with van der Waals surface area (Å²) in [6, 6.07) is 0. The highest BCUT2D eigenvalue weighted by molar-refractivity contribution is 5.87. The number of hydrogen-bond acceptors (Lipinski definition) is 2. The Hall–Kier alpha value is -0.830. The molecule has 0 spiro atoms. The molecule has 1 amide bonds. The van der Waals surface area contributed by atoms with Gasteiger partial charge in [0.2, 0.25) is 5.91 Å². The molecule has 0 saturated carbocycles. The van der Waals surface area contributed by atoms with E-state index in [2.05, 4.69) is 6.58 Å². The molecule has 1 fully saturated rings. The minimum atomic E-state index is -0.0782. The second kappa shape index (κ2) is 2.84. The molecular weight excluding hydrogens is 128 g/mol. The van der Waals surface area contributed by atoms with Crippen LogP contribution in [0.1, 0.15) is 12.8 Å². The highest BCUT2D eigenvalue weighted by atomic mass is 16.2. The van der Waals surface area contributed by atoms with Crippen molar-refractivity contribution in [3.8, 4) is 0 Å². The van der Waals surface area contributed by atoms with Crippen molar-refractivity contribution < 1.29 is 4.79 Å². The smallest absolute Gasteiger partial charge is 0.247 e. The molecule has 0 aromatic carbocycles. The highest BCUT2D eigenvalue weighted by Crippen LogP contribution is 2.12. The summed E-state index contributed by atoms with van der Waals surface area (Å²) >= 11 is 0. The summed E-state index contributed by atoms with van der Waals surface area (Å²) < 4.78 is 0. The van der Waals surface area contributed by atoms with Crippen molar-refractivity contribution in [3.05, 3.63) is 12.7 Å². The molecule has 0 bridgehead atoms. The van der Waals surface area contributed by atoms with Crippen molar-refractivity contribution in [1.29, 1.82) is 0 Å². The zero-order valence-corrected chi connectivity index (χ0v) is 5.92. The van der Waals surface area contributed by atoms with Crippen molar-refractivity contribution in [2.45, 2.75) is 19.0 Å². The molecule has 0 aromatic rings.